The summed E-state index contributed by atoms with van der Waals surface area (Å²) in [6.07, 6.45) is 0.448. The Morgan fingerprint density at radius 3 is 2.45 bits per heavy atom. The van der Waals surface area contributed by atoms with Gasteiger partial charge in [-0.2, -0.15) is 0 Å². The van der Waals surface area contributed by atoms with Gasteiger partial charge in [0.25, 0.3) is 0 Å². The molecule has 66 valence electrons. The fourth-order valence-corrected chi connectivity index (χ4v) is 1.75. The molecule has 0 radical (unpaired) electrons. The first-order chi connectivity index (χ1) is 4.97. The van der Waals surface area contributed by atoms with Crippen molar-refractivity contribution >= 4 is 0 Å². The molecule has 1 aliphatic heterocycles. The summed E-state index contributed by atoms with van der Waals surface area (Å²) in [5.41, 5.74) is -1.43. The lowest BCUT2D eigenvalue weighted by Crippen LogP contribution is -2.51. The number of nitrogens with one attached hydrogen (secondary N) is 1. The molecule has 1 saturated heterocycles. The van der Waals surface area contributed by atoms with Gasteiger partial charge in [0.15, 0.2) is 0 Å². The van der Waals surface area contributed by atoms with Crippen LogP contribution in [0, 0.1) is 5.41 Å². The maximum absolute atomic E-state index is 13.4. The van der Waals surface area contributed by atoms with Crippen molar-refractivity contribution in [2.45, 2.75) is 25.9 Å². The number of halogens is 1. The van der Waals surface area contributed by atoms with E-state index in [-0.39, 0.29) is 12.0 Å². The Morgan fingerprint density at radius 2 is 2.09 bits per heavy atom. The minimum atomic E-state index is -1.16. The molecule has 2 unspecified atom stereocenters. The van der Waals surface area contributed by atoms with Crippen LogP contribution in [-0.4, -0.2) is 30.5 Å². The van der Waals surface area contributed by atoms with Gasteiger partial charge in [-0.15, -0.1) is 0 Å². The normalized spacial score (nSPS) is 45.8. The number of piperidine rings is 1. The van der Waals surface area contributed by atoms with Crippen LogP contribution in [0.25, 0.3) is 0 Å². The summed E-state index contributed by atoms with van der Waals surface area (Å²) in [6, 6.07) is 0. The highest BCUT2D eigenvalue weighted by molar-refractivity contribution is 4.92. The number of hydrogen-bond acceptors (Lipinski definition) is 2. The first-order valence-electron chi connectivity index (χ1n) is 3.98. The summed E-state index contributed by atoms with van der Waals surface area (Å²) in [7, 11) is 0. The molecule has 1 rings (SSSR count). The largest absolute Gasteiger partial charge is 0.396 e. The second kappa shape index (κ2) is 2.72. The zero-order chi connectivity index (χ0) is 8.54. The van der Waals surface area contributed by atoms with E-state index in [1.807, 2.05) is 6.92 Å². The quantitative estimate of drug-likeness (QED) is 0.593. The van der Waals surface area contributed by atoms with Gasteiger partial charge < -0.3 is 10.4 Å². The summed E-state index contributed by atoms with van der Waals surface area (Å²) in [5, 5.41) is 12.0. The summed E-state index contributed by atoms with van der Waals surface area (Å²) < 4.78 is 13.4. The predicted octanol–water partition coefficient (Wildman–Crippen LogP) is 0.706. The summed E-state index contributed by atoms with van der Waals surface area (Å²) >= 11 is 0. The van der Waals surface area contributed by atoms with Crippen molar-refractivity contribution in [3.05, 3.63) is 0 Å². The first kappa shape index (κ1) is 8.94. The van der Waals surface area contributed by atoms with Crippen LogP contribution in [0.4, 0.5) is 4.39 Å². The standard InChI is InChI=1S/C8H16FNO/c1-7(6-11)3-8(2,9)5-10-4-7/h10-11H,3-6H2,1-2H3. The van der Waals surface area contributed by atoms with E-state index in [9.17, 15) is 4.39 Å². The van der Waals surface area contributed by atoms with E-state index < -0.39 is 5.67 Å². The SMILES string of the molecule is CC1(F)CNCC(C)(CO)C1. The van der Waals surface area contributed by atoms with E-state index in [2.05, 4.69) is 5.32 Å². The molecule has 1 fully saturated rings. The van der Waals surface area contributed by atoms with Crippen LogP contribution in [0.5, 0.6) is 0 Å². The highest BCUT2D eigenvalue weighted by atomic mass is 19.1. The first-order valence-corrected chi connectivity index (χ1v) is 3.98. The second-order valence-corrected chi connectivity index (χ2v) is 4.16. The molecule has 0 aliphatic carbocycles. The Kier molecular flexibility index (Phi) is 2.21. The average Bonchev–Trinajstić information content (AvgIpc) is 1.85. The zero-order valence-corrected chi connectivity index (χ0v) is 7.15. The molecule has 3 heteroatoms. The molecule has 0 bridgehead atoms. The lowest BCUT2D eigenvalue weighted by atomic mass is 9.78. The minimum Gasteiger partial charge on any atom is -0.396 e. The number of alkyl halides is 1. The van der Waals surface area contributed by atoms with Gasteiger partial charge in [0.2, 0.25) is 0 Å². The van der Waals surface area contributed by atoms with Crippen LogP contribution in [-0.2, 0) is 0 Å². The van der Waals surface area contributed by atoms with Crippen molar-refractivity contribution in [3.8, 4) is 0 Å². The number of aliphatic hydroxyl groups is 1. The van der Waals surface area contributed by atoms with Crippen LogP contribution >= 0.6 is 0 Å². The molecule has 0 amide bonds. The third-order valence-corrected chi connectivity index (χ3v) is 2.22. The Hall–Kier alpha value is -0.150. The van der Waals surface area contributed by atoms with Gasteiger partial charge in [0, 0.05) is 25.1 Å². The molecule has 0 spiro atoms. The lowest BCUT2D eigenvalue weighted by Gasteiger charge is -2.39. The maximum atomic E-state index is 13.4. The van der Waals surface area contributed by atoms with E-state index in [0.717, 1.165) is 0 Å². The Bertz CT molecular complexity index is 149. The number of hydrogen-bond donors (Lipinski definition) is 2. The van der Waals surface area contributed by atoms with Gasteiger partial charge in [0.1, 0.15) is 5.67 Å². The lowest BCUT2D eigenvalue weighted by molar-refractivity contribution is 0.0225. The van der Waals surface area contributed by atoms with E-state index in [1.165, 1.54) is 0 Å². The highest BCUT2D eigenvalue weighted by Gasteiger charge is 2.38. The van der Waals surface area contributed by atoms with Crippen LogP contribution < -0.4 is 5.32 Å². The molecule has 1 aliphatic rings. The Balaban J connectivity index is 2.59. The molecule has 0 aromatic carbocycles. The van der Waals surface area contributed by atoms with Crippen molar-refractivity contribution in [3.63, 3.8) is 0 Å². The van der Waals surface area contributed by atoms with Gasteiger partial charge in [-0.05, 0) is 13.3 Å². The molecule has 0 aromatic heterocycles. The predicted molar refractivity (Wildman–Crippen MR) is 42.2 cm³/mol. The van der Waals surface area contributed by atoms with E-state index in [1.54, 1.807) is 6.92 Å². The van der Waals surface area contributed by atoms with Crippen LogP contribution in [0.3, 0.4) is 0 Å². The molecule has 2 atom stereocenters. The van der Waals surface area contributed by atoms with Crippen molar-refractivity contribution in [2.75, 3.05) is 19.7 Å². The van der Waals surface area contributed by atoms with Crippen molar-refractivity contribution in [2.24, 2.45) is 5.41 Å². The summed E-state index contributed by atoms with van der Waals surface area (Å²) in [4.78, 5) is 0. The van der Waals surface area contributed by atoms with E-state index in [0.29, 0.717) is 19.5 Å². The smallest absolute Gasteiger partial charge is 0.121 e. The van der Waals surface area contributed by atoms with Gasteiger partial charge >= 0.3 is 0 Å². The molecule has 11 heavy (non-hydrogen) atoms. The van der Waals surface area contributed by atoms with Crippen molar-refractivity contribution < 1.29 is 9.50 Å². The summed E-state index contributed by atoms with van der Waals surface area (Å²) in [5.74, 6) is 0. The summed E-state index contributed by atoms with van der Waals surface area (Å²) in [6.45, 7) is 4.65. The topological polar surface area (TPSA) is 32.3 Å². The number of rotatable bonds is 1. The maximum Gasteiger partial charge on any atom is 0.121 e. The fourth-order valence-electron chi connectivity index (χ4n) is 1.75. The highest BCUT2D eigenvalue weighted by Crippen LogP contribution is 2.32. The van der Waals surface area contributed by atoms with Crippen molar-refractivity contribution in [1.82, 2.24) is 5.32 Å². The fraction of sp³-hybridized carbons (Fsp3) is 1.00. The van der Waals surface area contributed by atoms with Gasteiger partial charge in [-0.1, -0.05) is 6.92 Å². The Labute approximate surface area is 66.8 Å². The molecular formula is C8H16FNO. The number of aliphatic hydroxyl groups excluding tert-OH is 1. The van der Waals surface area contributed by atoms with Crippen LogP contribution in [0.2, 0.25) is 0 Å². The van der Waals surface area contributed by atoms with E-state index in [4.69, 9.17) is 5.11 Å². The average molecular weight is 161 g/mol. The molecule has 2 N–H and O–H groups in total. The van der Waals surface area contributed by atoms with Crippen LogP contribution in [0.15, 0.2) is 0 Å². The third kappa shape index (κ3) is 2.14. The molecule has 1 heterocycles. The van der Waals surface area contributed by atoms with Gasteiger partial charge in [0.05, 0.1) is 0 Å². The molecule has 0 aromatic rings. The molecule has 0 saturated carbocycles. The molecular weight excluding hydrogens is 145 g/mol. The third-order valence-electron chi connectivity index (χ3n) is 2.22. The second-order valence-electron chi connectivity index (χ2n) is 4.16. The Morgan fingerprint density at radius 1 is 1.45 bits per heavy atom. The van der Waals surface area contributed by atoms with Crippen LogP contribution in [0.1, 0.15) is 20.3 Å². The zero-order valence-electron chi connectivity index (χ0n) is 7.15. The minimum absolute atomic E-state index is 0.0551. The van der Waals surface area contributed by atoms with Gasteiger partial charge in [-0.3, -0.25) is 0 Å². The molecule has 2 nitrogen and oxygen atoms in total. The van der Waals surface area contributed by atoms with E-state index >= 15 is 0 Å². The monoisotopic (exact) mass is 161 g/mol. The van der Waals surface area contributed by atoms with Gasteiger partial charge in [-0.25, -0.2) is 4.39 Å². The van der Waals surface area contributed by atoms with Crippen molar-refractivity contribution in [1.29, 1.82) is 0 Å².